The van der Waals surface area contributed by atoms with Crippen molar-refractivity contribution in [1.29, 1.82) is 0 Å². The number of hydrogen-bond donors (Lipinski definition) is 2. The molecule has 1 aromatic rings. The summed E-state index contributed by atoms with van der Waals surface area (Å²) in [6.45, 7) is 4.42. The molecule has 0 aliphatic heterocycles. The van der Waals surface area contributed by atoms with Crippen molar-refractivity contribution in [3.8, 4) is 0 Å². The Morgan fingerprint density at radius 1 is 1.44 bits per heavy atom. The number of benzene rings is 1. The molecule has 0 fully saturated rings. The molecule has 0 saturated heterocycles. The Hall–Kier alpha value is -0.870. The van der Waals surface area contributed by atoms with Gasteiger partial charge in [0.15, 0.2) is 0 Å². The van der Waals surface area contributed by atoms with Crippen LogP contribution < -0.4 is 5.32 Å². The average Bonchev–Trinajstić information content (AvgIpc) is 2.25. The fourth-order valence-electron chi connectivity index (χ4n) is 1.75. The summed E-state index contributed by atoms with van der Waals surface area (Å²) in [6.07, 6.45) is 0.585. The van der Waals surface area contributed by atoms with E-state index in [-0.39, 0.29) is 5.91 Å². The molecule has 1 rings (SSSR count). The molecule has 18 heavy (non-hydrogen) atoms. The van der Waals surface area contributed by atoms with Crippen LogP contribution in [0.25, 0.3) is 0 Å². The Labute approximate surface area is 117 Å². The second-order valence-corrected chi connectivity index (χ2v) is 5.81. The van der Waals surface area contributed by atoms with Gasteiger partial charge in [0.2, 0.25) is 5.91 Å². The number of rotatable bonds is 6. The van der Waals surface area contributed by atoms with Gasteiger partial charge in [-0.05, 0) is 30.0 Å². The van der Waals surface area contributed by atoms with E-state index in [4.69, 9.17) is 0 Å². The normalized spacial score (nSPS) is 12.5. The van der Waals surface area contributed by atoms with Gasteiger partial charge in [0.25, 0.3) is 0 Å². The van der Waals surface area contributed by atoms with E-state index in [1.807, 2.05) is 38.1 Å². The molecule has 0 heterocycles. The molecule has 0 bridgehead atoms. The number of halogens is 1. The number of aliphatic hydroxyl groups excluding tert-OH is 1. The molecule has 0 radical (unpaired) electrons. The average molecular weight is 314 g/mol. The van der Waals surface area contributed by atoms with Gasteiger partial charge in [0.05, 0.1) is 12.5 Å². The highest BCUT2D eigenvalue weighted by Crippen LogP contribution is 2.12. The maximum absolute atomic E-state index is 11.7. The summed E-state index contributed by atoms with van der Waals surface area (Å²) in [6, 6.07) is 7.66. The third-order valence-corrected chi connectivity index (χ3v) is 3.03. The molecule has 0 aliphatic rings. The zero-order valence-electron chi connectivity index (χ0n) is 10.8. The number of amides is 1. The third-order valence-electron chi connectivity index (χ3n) is 2.53. The van der Waals surface area contributed by atoms with E-state index in [0.29, 0.717) is 25.3 Å². The van der Waals surface area contributed by atoms with Crippen LogP contribution in [0.1, 0.15) is 25.8 Å². The summed E-state index contributed by atoms with van der Waals surface area (Å²) < 4.78 is 0.965. The van der Waals surface area contributed by atoms with E-state index in [0.717, 1.165) is 10.0 Å². The second-order valence-electron chi connectivity index (χ2n) is 4.89. The second kappa shape index (κ2) is 7.54. The quantitative estimate of drug-likeness (QED) is 0.848. The molecule has 1 aromatic carbocycles. The van der Waals surface area contributed by atoms with Gasteiger partial charge in [-0.2, -0.15) is 0 Å². The van der Waals surface area contributed by atoms with Gasteiger partial charge in [-0.3, -0.25) is 4.79 Å². The fraction of sp³-hybridized carbons (Fsp3) is 0.500. The fourth-order valence-corrected chi connectivity index (χ4v) is 2.20. The highest BCUT2D eigenvalue weighted by Gasteiger charge is 2.09. The van der Waals surface area contributed by atoms with Crippen LogP contribution in [0, 0.1) is 5.92 Å². The third kappa shape index (κ3) is 6.17. The maximum Gasteiger partial charge on any atom is 0.224 e. The molecule has 4 heteroatoms. The summed E-state index contributed by atoms with van der Waals surface area (Å²) in [5, 5.41) is 12.4. The minimum atomic E-state index is -0.462. The smallest absolute Gasteiger partial charge is 0.224 e. The van der Waals surface area contributed by atoms with E-state index in [2.05, 4.69) is 21.2 Å². The van der Waals surface area contributed by atoms with Crippen molar-refractivity contribution < 1.29 is 9.90 Å². The molecule has 0 aliphatic carbocycles. The van der Waals surface area contributed by atoms with Crippen LogP contribution in [0.5, 0.6) is 0 Å². The number of aliphatic hydroxyl groups is 1. The van der Waals surface area contributed by atoms with Crippen molar-refractivity contribution >= 4 is 21.8 Å². The molecule has 1 unspecified atom stereocenters. The van der Waals surface area contributed by atoms with E-state index in [9.17, 15) is 9.90 Å². The van der Waals surface area contributed by atoms with Gasteiger partial charge < -0.3 is 10.4 Å². The predicted molar refractivity (Wildman–Crippen MR) is 76.3 cm³/mol. The lowest BCUT2D eigenvalue weighted by atomic mass is 10.1. The molecule has 0 spiro atoms. The van der Waals surface area contributed by atoms with Crippen LogP contribution in [0.4, 0.5) is 0 Å². The van der Waals surface area contributed by atoms with Crippen LogP contribution in [0.15, 0.2) is 28.7 Å². The topological polar surface area (TPSA) is 49.3 Å². The van der Waals surface area contributed by atoms with Crippen LogP contribution in [-0.4, -0.2) is 23.7 Å². The van der Waals surface area contributed by atoms with Crippen molar-refractivity contribution in [3.05, 3.63) is 34.3 Å². The lowest BCUT2D eigenvalue weighted by Crippen LogP contribution is -2.33. The Bertz CT molecular complexity index is 393. The monoisotopic (exact) mass is 313 g/mol. The van der Waals surface area contributed by atoms with Crippen LogP contribution in [-0.2, 0) is 11.2 Å². The Morgan fingerprint density at radius 2 is 2.17 bits per heavy atom. The van der Waals surface area contributed by atoms with E-state index in [1.54, 1.807) is 0 Å². The molecule has 0 saturated carbocycles. The molecule has 2 N–H and O–H groups in total. The highest BCUT2D eigenvalue weighted by molar-refractivity contribution is 9.10. The van der Waals surface area contributed by atoms with Gasteiger partial charge in [0, 0.05) is 11.0 Å². The van der Waals surface area contributed by atoms with Crippen LogP contribution >= 0.6 is 15.9 Å². The lowest BCUT2D eigenvalue weighted by Gasteiger charge is -2.13. The number of carbonyl (C=O) groups is 1. The van der Waals surface area contributed by atoms with Crippen molar-refractivity contribution in [1.82, 2.24) is 5.32 Å². The predicted octanol–water partition coefficient (Wildman–Crippen LogP) is 2.51. The molecular weight excluding hydrogens is 294 g/mol. The molecule has 1 amide bonds. The minimum absolute atomic E-state index is 0.0593. The van der Waals surface area contributed by atoms with Crippen molar-refractivity contribution in [2.24, 2.45) is 5.92 Å². The van der Waals surface area contributed by atoms with Gasteiger partial charge in [-0.15, -0.1) is 0 Å². The maximum atomic E-state index is 11.7. The van der Waals surface area contributed by atoms with Gasteiger partial charge >= 0.3 is 0 Å². The summed E-state index contributed by atoms with van der Waals surface area (Å²) in [4.78, 5) is 11.7. The first-order chi connectivity index (χ1) is 8.47. The van der Waals surface area contributed by atoms with E-state index < -0.39 is 6.10 Å². The lowest BCUT2D eigenvalue weighted by molar-refractivity contribution is -0.120. The summed E-state index contributed by atoms with van der Waals surface area (Å²) in [7, 11) is 0. The molecule has 1 atom stereocenters. The van der Waals surface area contributed by atoms with Gasteiger partial charge in [-0.1, -0.05) is 41.9 Å². The Morgan fingerprint density at radius 3 is 2.78 bits per heavy atom. The zero-order chi connectivity index (χ0) is 13.5. The van der Waals surface area contributed by atoms with Gasteiger partial charge in [-0.25, -0.2) is 0 Å². The van der Waals surface area contributed by atoms with E-state index >= 15 is 0 Å². The largest absolute Gasteiger partial charge is 0.391 e. The van der Waals surface area contributed by atoms with E-state index in [1.165, 1.54) is 0 Å². The Kier molecular flexibility index (Phi) is 6.36. The van der Waals surface area contributed by atoms with Crippen molar-refractivity contribution in [2.75, 3.05) is 6.54 Å². The zero-order valence-corrected chi connectivity index (χ0v) is 12.4. The van der Waals surface area contributed by atoms with Gasteiger partial charge in [0.1, 0.15) is 0 Å². The molecule has 100 valence electrons. The standard InChI is InChI=1S/C14H20BrNO2/c1-10(2)6-13(17)9-16-14(18)8-11-4-3-5-12(15)7-11/h3-5,7,10,13,17H,6,8-9H2,1-2H3,(H,16,18). The van der Waals surface area contributed by atoms with Crippen LogP contribution in [0.2, 0.25) is 0 Å². The summed E-state index contributed by atoms with van der Waals surface area (Å²) in [5.74, 6) is 0.373. The first-order valence-electron chi connectivity index (χ1n) is 6.16. The van der Waals surface area contributed by atoms with Crippen molar-refractivity contribution in [3.63, 3.8) is 0 Å². The number of carbonyl (C=O) groups excluding carboxylic acids is 1. The highest BCUT2D eigenvalue weighted by atomic mass is 79.9. The first kappa shape index (κ1) is 15.2. The number of nitrogens with one attached hydrogen (secondary N) is 1. The molecular formula is C14H20BrNO2. The summed E-state index contributed by atoms with van der Waals surface area (Å²) in [5.41, 5.74) is 0.959. The first-order valence-corrected chi connectivity index (χ1v) is 6.96. The van der Waals surface area contributed by atoms with Crippen molar-refractivity contribution in [2.45, 2.75) is 32.8 Å². The molecule has 0 aromatic heterocycles. The molecule has 3 nitrogen and oxygen atoms in total. The van der Waals surface area contributed by atoms with Crippen LogP contribution in [0.3, 0.4) is 0 Å². The number of hydrogen-bond acceptors (Lipinski definition) is 2. The summed E-state index contributed by atoms with van der Waals surface area (Å²) >= 11 is 3.37. The SMILES string of the molecule is CC(C)CC(O)CNC(=O)Cc1cccc(Br)c1. The minimum Gasteiger partial charge on any atom is -0.391 e. The Balaban J connectivity index is 2.34.